The number of benzene rings is 2. The first-order valence-electron chi connectivity index (χ1n) is 8.79. The van der Waals surface area contributed by atoms with Gasteiger partial charge in [0.25, 0.3) is 0 Å². The van der Waals surface area contributed by atoms with Gasteiger partial charge in [0.1, 0.15) is 6.61 Å². The van der Waals surface area contributed by atoms with Crippen LogP contribution in [-0.4, -0.2) is 21.4 Å². The maximum absolute atomic E-state index is 6.24. The van der Waals surface area contributed by atoms with E-state index in [4.69, 9.17) is 32.7 Å². The number of hydrogen-bond acceptors (Lipinski definition) is 5. The Bertz CT molecular complexity index is 963. The predicted molar refractivity (Wildman–Crippen MR) is 114 cm³/mol. The monoisotopic (exact) mass is 437 g/mol. The lowest BCUT2D eigenvalue weighted by Gasteiger charge is -2.12. The molecule has 0 N–H and O–H groups in total. The van der Waals surface area contributed by atoms with Gasteiger partial charge >= 0.3 is 0 Å². The molecular formula is C20H21Cl2N3O2S. The number of ether oxygens (including phenoxy) is 2. The minimum Gasteiger partial charge on any atom is -0.490 e. The fraction of sp³-hybridized carbons (Fsp3) is 0.300. The van der Waals surface area contributed by atoms with Crippen molar-refractivity contribution in [3.63, 3.8) is 0 Å². The lowest BCUT2D eigenvalue weighted by Crippen LogP contribution is -2.05. The summed E-state index contributed by atoms with van der Waals surface area (Å²) in [5, 5.41) is 10.6. The number of rotatable bonds is 8. The van der Waals surface area contributed by atoms with E-state index in [-0.39, 0.29) is 0 Å². The van der Waals surface area contributed by atoms with Gasteiger partial charge in [-0.3, -0.25) is 0 Å². The Morgan fingerprint density at radius 3 is 2.61 bits per heavy atom. The summed E-state index contributed by atoms with van der Waals surface area (Å²) >= 11 is 13.7. The highest BCUT2D eigenvalue weighted by Gasteiger charge is 2.13. The van der Waals surface area contributed by atoms with Gasteiger partial charge in [-0.05, 0) is 49.2 Å². The Balaban J connectivity index is 1.65. The van der Waals surface area contributed by atoms with Gasteiger partial charge in [0.15, 0.2) is 22.5 Å². The van der Waals surface area contributed by atoms with Crippen molar-refractivity contribution in [1.82, 2.24) is 14.8 Å². The van der Waals surface area contributed by atoms with Crippen LogP contribution in [0.5, 0.6) is 11.5 Å². The average molecular weight is 438 g/mol. The molecule has 0 fully saturated rings. The standard InChI is InChI=1S/C20H21Cl2N3O2S/c1-4-26-18-9-13(2)5-8-17(18)27-11-19-23-24-20(25(19)3)28-12-14-6-7-15(21)10-16(14)22/h5-10H,4,11-12H2,1-3H3. The molecule has 0 atom stereocenters. The van der Waals surface area contributed by atoms with Crippen LogP contribution >= 0.6 is 35.0 Å². The summed E-state index contributed by atoms with van der Waals surface area (Å²) in [6.45, 7) is 4.85. The third kappa shape index (κ3) is 5.13. The van der Waals surface area contributed by atoms with E-state index in [0.717, 1.165) is 27.9 Å². The van der Waals surface area contributed by atoms with E-state index in [0.29, 0.717) is 34.8 Å². The second-order valence-electron chi connectivity index (χ2n) is 6.15. The smallest absolute Gasteiger partial charge is 0.191 e. The zero-order chi connectivity index (χ0) is 20.1. The normalized spacial score (nSPS) is 10.9. The Hall–Kier alpha value is -1.89. The largest absolute Gasteiger partial charge is 0.490 e. The van der Waals surface area contributed by atoms with E-state index >= 15 is 0 Å². The van der Waals surface area contributed by atoms with Crippen molar-refractivity contribution in [3.05, 3.63) is 63.4 Å². The molecule has 0 aliphatic carbocycles. The van der Waals surface area contributed by atoms with Crippen LogP contribution in [0.1, 0.15) is 23.9 Å². The predicted octanol–water partition coefficient (Wildman–Crippen LogP) is 5.70. The quantitative estimate of drug-likeness (QED) is 0.422. The van der Waals surface area contributed by atoms with Gasteiger partial charge in [-0.1, -0.05) is 47.1 Å². The number of halogens is 2. The Morgan fingerprint density at radius 2 is 1.86 bits per heavy atom. The van der Waals surface area contributed by atoms with Crippen molar-refractivity contribution in [3.8, 4) is 11.5 Å². The Kier molecular flexibility index (Phi) is 7.10. The molecule has 3 rings (SSSR count). The van der Waals surface area contributed by atoms with Crippen LogP contribution in [-0.2, 0) is 19.4 Å². The van der Waals surface area contributed by atoms with Crippen molar-refractivity contribution in [2.24, 2.45) is 7.05 Å². The molecule has 0 amide bonds. The Labute approximate surface area is 179 Å². The number of thioether (sulfide) groups is 1. The second kappa shape index (κ2) is 9.54. The summed E-state index contributed by atoms with van der Waals surface area (Å²) in [7, 11) is 1.92. The summed E-state index contributed by atoms with van der Waals surface area (Å²) in [5.41, 5.74) is 2.12. The summed E-state index contributed by atoms with van der Waals surface area (Å²) in [6, 6.07) is 11.4. The second-order valence-corrected chi connectivity index (χ2v) is 7.94. The number of aryl methyl sites for hydroxylation is 1. The first kappa shape index (κ1) is 20.8. The van der Waals surface area contributed by atoms with Crippen LogP contribution in [0.15, 0.2) is 41.6 Å². The van der Waals surface area contributed by atoms with Gasteiger partial charge in [-0.2, -0.15) is 0 Å². The molecule has 3 aromatic rings. The molecule has 0 saturated heterocycles. The molecule has 0 radical (unpaired) electrons. The molecule has 8 heteroatoms. The molecule has 0 unspecified atom stereocenters. The fourth-order valence-electron chi connectivity index (χ4n) is 2.52. The number of aromatic nitrogens is 3. The topological polar surface area (TPSA) is 49.2 Å². The molecular weight excluding hydrogens is 417 g/mol. The van der Waals surface area contributed by atoms with E-state index in [1.165, 1.54) is 0 Å². The van der Waals surface area contributed by atoms with E-state index < -0.39 is 0 Å². The molecule has 0 spiro atoms. The number of hydrogen-bond donors (Lipinski definition) is 0. The average Bonchev–Trinajstić information content (AvgIpc) is 3.00. The van der Waals surface area contributed by atoms with Gasteiger partial charge in [0, 0.05) is 22.8 Å². The van der Waals surface area contributed by atoms with Crippen molar-refractivity contribution in [2.45, 2.75) is 31.4 Å². The molecule has 0 aliphatic rings. The molecule has 0 aliphatic heterocycles. The lowest BCUT2D eigenvalue weighted by molar-refractivity contribution is 0.260. The van der Waals surface area contributed by atoms with Crippen LogP contribution in [0.2, 0.25) is 10.0 Å². The van der Waals surface area contributed by atoms with Gasteiger partial charge in [0.05, 0.1) is 6.61 Å². The molecule has 0 saturated carbocycles. The van der Waals surface area contributed by atoms with Crippen molar-refractivity contribution >= 4 is 35.0 Å². The maximum Gasteiger partial charge on any atom is 0.191 e. The van der Waals surface area contributed by atoms with Crippen LogP contribution in [0.4, 0.5) is 0 Å². The zero-order valence-electron chi connectivity index (χ0n) is 15.9. The summed E-state index contributed by atoms with van der Waals surface area (Å²) in [6.07, 6.45) is 0. The van der Waals surface area contributed by atoms with Crippen LogP contribution in [0, 0.1) is 6.92 Å². The van der Waals surface area contributed by atoms with E-state index in [1.807, 2.05) is 55.8 Å². The Morgan fingerprint density at radius 1 is 1.04 bits per heavy atom. The first-order valence-corrected chi connectivity index (χ1v) is 10.5. The molecule has 28 heavy (non-hydrogen) atoms. The van der Waals surface area contributed by atoms with E-state index in [9.17, 15) is 0 Å². The zero-order valence-corrected chi connectivity index (χ0v) is 18.2. The van der Waals surface area contributed by atoms with Crippen molar-refractivity contribution in [2.75, 3.05) is 6.61 Å². The molecule has 1 heterocycles. The third-order valence-electron chi connectivity index (χ3n) is 4.05. The molecule has 2 aromatic carbocycles. The number of nitrogens with zero attached hydrogens (tertiary/aromatic N) is 3. The third-order valence-corrected chi connectivity index (χ3v) is 5.71. The minimum atomic E-state index is 0.300. The van der Waals surface area contributed by atoms with Crippen LogP contribution in [0.3, 0.4) is 0 Å². The van der Waals surface area contributed by atoms with Gasteiger partial charge < -0.3 is 14.0 Å². The van der Waals surface area contributed by atoms with E-state index in [2.05, 4.69) is 10.2 Å². The highest BCUT2D eigenvalue weighted by molar-refractivity contribution is 7.98. The van der Waals surface area contributed by atoms with Crippen molar-refractivity contribution in [1.29, 1.82) is 0 Å². The van der Waals surface area contributed by atoms with Crippen molar-refractivity contribution < 1.29 is 9.47 Å². The fourth-order valence-corrected chi connectivity index (χ4v) is 4.01. The van der Waals surface area contributed by atoms with E-state index in [1.54, 1.807) is 17.8 Å². The van der Waals surface area contributed by atoms with Gasteiger partial charge in [-0.15, -0.1) is 10.2 Å². The molecule has 1 aromatic heterocycles. The summed E-state index contributed by atoms with van der Waals surface area (Å²) in [4.78, 5) is 0. The van der Waals surface area contributed by atoms with Gasteiger partial charge in [-0.25, -0.2) is 0 Å². The summed E-state index contributed by atoms with van der Waals surface area (Å²) < 4.78 is 13.5. The molecule has 5 nitrogen and oxygen atoms in total. The highest BCUT2D eigenvalue weighted by Crippen LogP contribution is 2.30. The lowest BCUT2D eigenvalue weighted by atomic mass is 10.2. The maximum atomic E-state index is 6.24. The minimum absolute atomic E-state index is 0.300. The first-order chi connectivity index (χ1) is 13.5. The van der Waals surface area contributed by atoms with Gasteiger partial charge in [0.2, 0.25) is 0 Å². The molecule has 0 bridgehead atoms. The molecule has 148 valence electrons. The highest BCUT2D eigenvalue weighted by atomic mass is 35.5. The van der Waals surface area contributed by atoms with Crippen LogP contribution in [0.25, 0.3) is 0 Å². The van der Waals surface area contributed by atoms with Crippen LogP contribution < -0.4 is 9.47 Å². The SMILES string of the molecule is CCOc1cc(C)ccc1OCc1nnc(SCc2ccc(Cl)cc2Cl)n1C. The summed E-state index contributed by atoms with van der Waals surface area (Å²) in [5.74, 6) is 2.83.